The van der Waals surface area contributed by atoms with E-state index in [2.05, 4.69) is 15.6 Å². The van der Waals surface area contributed by atoms with Crippen LogP contribution in [0.2, 0.25) is 0 Å². The Labute approximate surface area is 183 Å². The minimum Gasteiger partial charge on any atom is -0.361 e. The first-order valence-corrected chi connectivity index (χ1v) is 9.99. The van der Waals surface area contributed by atoms with E-state index in [-0.39, 0.29) is 18.0 Å². The van der Waals surface area contributed by atoms with Gasteiger partial charge in [0.05, 0.1) is 28.4 Å². The van der Waals surface area contributed by atoms with Gasteiger partial charge in [0, 0.05) is 41.6 Å². The number of nitrogens with one attached hydrogen (secondary N) is 1. The maximum Gasteiger partial charge on any atom is 0.269 e. The summed E-state index contributed by atoms with van der Waals surface area (Å²) in [6.07, 6.45) is 1.91. The molecule has 0 saturated heterocycles. The number of carbonyl (C=O) groups is 1. The Hall–Kier alpha value is -4.27. The molecule has 4 rings (SSSR count). The number of benzene rings is 2. The minimum atomic E-state index is -0.449. The van der Waals surface area contributed by atoms with Crippen molar-refractivity contribution >= 4 is 11.6 Å². The van der Waals surface area contributed by atoms with E-state index in [4.69, 9.17) is 4.52 Å². The highest BCUT2D eigenvalue weighted by Crippen LogP contribution is 2.26. The van der Waals surface area contributed by atoms with Crippen molar-refractivity contribution in [3.8, 4) is 16.9 Å². The lowest BCUT2D eigenvalue weighted by atomic mass is 10.1. The molecule has 0 radical (unpaired) electrons. The number of amides is 1. The number of nitro benzene ring substituents is 1. The van der Waals surface area contributed by atoms with Gasteiger partial charge < -0.3 is 9.84 Å². The van der Waals surface area contributed by atoms with Gasteiger partial charge in [0.2, 0.25) is 5.91 Å². The van der Waals surface area contributed by atoms with Crippen molar-refractivity contribution in [2.24, 2.45) is 0 Å². The molecule has 162 valence electrons. The van der Waals surface area contributed by atoms with E-state index >= 15 is 0 Å². The molecule has 0 atom stereocenters. The summed E-state index contributed by atoms with van der Waals surface area (Å²) in [6.45, 7) is 3.95. The molecule has 0 aliphatic rings. The van der Waals surface area contributed by atoms with Crippen molar-refractivity contribution in [3.05, 3.63) is 93.5 Å². The van der Waals surface area contributed by atoms with Crippen LogP contribution in [-0.4, -0.2) is 25.8 Å². The van der Waals surface area contributed by atoms with Crippen LogP contribution >= 0.6 is 0 Å². The topological polar surface area (TPSA) is 116 Å². The fourth-order valence-corrected chi connectivity index (χ4v) is 3.41. The third-order valence-corrected chi connectivity index (χ3v) is 5.16. The van der Waals surface area contributed by atoms with Crippen molar-refractivity contribution < 1.29 is 14.2 Å². The van der Waals surface area contributed by atoms with Gasteiger partial charge in [-0.3, -0.25) is 14.9 Å². The van der Waals surface area contributed by atoms with E-state index in [1.807, 2.05) is 43.5 Å². The zero-order chi connectivity index (χ0) is 22.7. The molecule has 0 aliphatic heterocycles. The molecule has 0 saturated carbocycles. The Kier molecular flexibility index (Phi) is 5.80. The van der Waals surface area contributed by atoms with Crippen molar-refractivity contribution in [2.75, 3.05) is 0 Å². The highest BCUT2D eigenvalue weighted by atomic mass is 16.6. The maximum atomic E-state index is 12.7. The van der Waals surface area contributed by atoms with Crippen molar-refractivity contribution in [3.63, 3.8) is 0 Å². The van der Waals surface area contributed by atoms with Gasteiger partial charge in [-0.2, -0.15) is 5.10 Å². The monoisotopic (exact) mass is 431 g/mol. The number of para-hydroxylation sites is 1. The quantitative estimate of drug-likeness (QED) is 0.350. The predicted octanol–water partition coefficient (Wildman–Crippen LogP) is 3.91. The maximum absolute atomic E-state index is 12.7. The number of hydrogen-bond donors (Lipinski definition) is 1. The summed E-state index contributed by atoms with van der Waals surface area (Å²) in [6, 6.07) is 15.7. The second-order valence-corrected chi connectivity index (χ2v) is 7.34. The zero-order valence-electron chi connectivity index (χ0n) is 17.6. The highest BCUT2D eigenvalue weighted by Gasteiger charge is 2.17. The standard InChI is InChI=1S/C23H21N5O4/c1-15-21(16(2)32-26-15)13-24-22(29)12-18-14-27(19-6-4-3-5-7-19)25-23(18)17-8-10-20(11-9-17)28(30)31/h3-11,14H,12-13H2,1-2H3,(H,24,29). The van der Waals surface area contributed by atoms with Crippen molar-refractivity contribution in [2.45, 2.75) is 26.8 Å². The minimum absolute atomic E-state index is 0.00463. The number of aryl methyl sites for hydroxylation is 2. The molecule has 4 aromatic rings. The Morgan fingerprint density at radius 2 is 1.84 bits per heavy atom. The molecule has 0 aliphatic carbocycles. The van der Waals surface area contributed by atoms with E-state index in [0.717, 1.165) is 16.9 Å². The predicted molar refractivity (Wildman–Crippen MR) is 117 cm³/mol. The Morgan fingerprint density at radius 1 is 1.12 bits per heavy atom. The normalized spacial score (nSPS) is 10.8. The molecule has 9 heteroatoms. The number of nitrogens with zero attached hydrogens (tertiary/aromatic N) is 4. The number of hydrogen-bond acceptors (Lipinski definition) is 6. The Bertz CT molecular complexity index is 1240. The Balaban J connectivity index is 1.61. The van der Waals surface area contributed by atoms with Gasteiger partial charge in [0.15, 0.2) is 0 Å². The molecule has 32 heavy (non-hydrogen) atoms. The summed E-state index contributed by atoms with van der Waals surface area (Å²) in [7, 11) is 0. The van der Waals surface area contributed by atoms with Crippen molar-refractivity contribution in [1.29, 1.82) is 0 Å². The summed E-state index contributed by atoms with van der Waals surface area (Å²) in [4.78, 5) is 23.3. The van der Waals surface area contributed by atoms with E-state index in [1.165, 1.54) is 12.1 Å². The van der Waals surface area contributed by atoms with Crippen LogP contribution in [0.3, 0.4) is 0 Å². The SMILES string of the molecule is Cc1noc(C)c1CNC(=O)Cc1cn(-c2ccccc2)nc1-c1ccc([N+](=O)[O-])cc1. The highest BCUT2D eigenvalue weighted by molar-refractivity contribution is 5.81. The molecule has 2 aromatic carbocycles. The second kappa shape index (κ2) is 8.84. The molecule has 0 fully saturated rings. The third-order valence-electron chi connectivity index (χ3n) is 5.16. The summed E-state index contributed by atoms with van der Waals surface area (Å²) < 4.78 is 6.84. The average Bonchev–Trinajstić information content (AvgIpc) is 3.36. The van der Waals surface area contributed by atoms with Gasteiger partial charge in [0.1, 0.15) is 5.76 Å². The molecule has 2 heterocycles. The fraction of sp³-hybridized carbons (Fsp3) is 0.174. The van der Waals surface area contributed by atoms with Gasteiger partial charge in [-0.1, -0.05) is 23.4 Å². The number of non-ortho nitro benzene ring substituents is 1. The van der Waals surface area contributed by atoms with Crippen LogP contribution in [0.15, 0.2) is 65.3 Å². The van der Waals surface area contributed by atoms with Crippen LogP contribution in [0.25, 0.3) is 16.9 Å². The number of nitro groups is 1. The lowest BCUT2D eigenvalue weighted by Gasteiger charge is -2.05. The summed E-state index contributed by atoms with van der Waals surface area (Å²) in [5.41, 5.74) is 4.43. The average molecular weight is 431 g/mol. The lowest BCUT2D eigenvalue weighted by Crippen LogP contribution is -2.25. The second-order valence-electron chi connectivity index (χ2n) is 7.34. The van der Waals surface area contributed by atoms with Gasteiger partial charge >= 0.3 is 0 Å². The molecule has 1 N–H and O–H groups in total. The molecule has 1 amide bonds. The van der Waals surface area contributed by atoms with Crippen molar-refractivity contribution in [1.82, 2.24) is 20.3 Å². The first-order valence-electron chi connectivity index (χ1n) is 9.99. The fourth-order valence-electron chi connectivity index (χ4n) is 3.41. The molecule has 2 aromatic heterocycles. The number of aromatic nitrogens is 3. The molecule has 9 nitrogen and oxygen atoms in total. The van der Waals surface area contributed by atoms with Crippen LogP contribution in [0.1, 0.15) is 22.6 Å². The number of carbonyl (C=O) groups excluding carboxylic acids is 1. The van der Waals surface area contributed by atoms with Crippen LogP contribution in [-0.2, 0) is 17.8 Å². The molecular formula is C23H21N5O4. The van der Waals surface area contributed by atoms with Gasteiger partial charge in [-0.05, 0) is 38.1 Å². The van der Waals surface area contributed by atoms with E-state index in [9.17, 15) is 14.9 Å². The van der Waals surface area contributed by atoms with Crippen LogP contribution < -0.4 is 5.32 Å². The molecule has 0 unspecified atom stereocenters. The van der Waals surface area contributed by atoms with Crippen LogP contribution in [0, 0.1) is 24.0 Å². The number of rotatable bonds is 7. The van der Waals surface area contributed by atoms with E-state index < -0.39 is 4.92 Å². The smallest absolute Gasteiger partial charge is 0.269 e. The van der Waals surface area contributed by atoms with Gasteiger partial charge in [-0.15, -0.1) is 0 Å². The zero-order valence-corrected chi connectivity index (χ0v) is 17.6. The summed E-state index contributed by atoms with van der Waals surface area (Å²) in [5.74, 6) is 0.493. The van der Waals surface area contributed by atoms with Gasteiger partial charge in [-0.25, -0.2) is 4.68 Å². The Morgan fingerprint density at radius 3 is 2.47 bits per heavy atom. The first-order chi connectivity index (χ1) is 15.4. The largest absolute Gasteiger partial charge is 0.361 e. The summed E-state index contributed by atoms with van der Waals surface area (Å²) in [5, 5.41) is 22.4. The summed E-state index contributed by atoms with van der Waals surface area (Å²) >= 11 is 0. The first kappa shape index (κ1) is 21.0. The lowest BCUT2D eigenvalue weighted by molar-refractivity contribution is -0.384. The molecular weight excluding hydrogens is 410 g/mol. The van der Waals surface area contributed by atoms with E-state index in [0.29, 0.717) is 29.1 Å². The van der Waals surface area contributed by atoms with Crippen LogP contribution in [0.4, 0.5) is 5.69 Å². The molecule has 0 bridgehead atoms. The van der Waals surface area contributed by atoms with Gasteiger partial charge in [0.25, 0.3) is 5.69 Å². The molecule has 0 spiro atoms. The van der Waals surface area contributed by atoms with Crippen LogP contribution in [0.5, 0.6) is 0 Å². The third kappa shape index (κ3) is 4.41. The van der Waals surface area contributed by atoms with E-state index in [1.54, 1.807) is 23.7 Å².